The first-order valence-corrected chi connectivity index (χ1v) is 3.51. The monoisotopic (exact) mass is 252 g/mol. The minimum absolute atomic E-state index is 0. The van der Waals surface area contributed by atoms with Crippen LogP contribution in [0.1, 0.15) is 0 Å². The van der Waals surface area contributed by atoms with E-state index in [1.807, 2.05) is 24.3 Å². The van der Waals surface area contributed by atoms with Gasteiger partial charge in [-0.05, 0) is 11.5 Å². The second-order valence-electron chi connectivity index (χ2n) is 2.46. The van der Waals surface area contributed by atoms with Crippen LogP contribution in [0.5, 0.6) is 0 Å². The van der Waals surface area contributed by atoms with Crippen molar-refractivity contribution in [1.29, 1.82) is 0 Å². The Morgan fingerprint density at radius 3 is 2.15 bits per heavy atom. The van der Waals surface area contributed by atoms with Crippen LogP contribution in [0.4, 0.5) is 4.39 Å². The molecular formula is C10H10BrFMg. The van der Waals surface area contributed by atoms with Crippen molar-refractivity contribution in [1.82, 2.24) is 0 Å². The third-order valence-electron chi connectivity index (χ3n) is 1.74. The van der Waals surface area contributed by atoms with Gasteiger partial charge >= 0.3 is 23.1 Å². The van der Waals surface area contributed by atoms with Crippen LogP contribution >= 0.6 is 17.0 Å². The molecule has 0 saturated carbocycles. The molecular weight excluding hydrogens is 243 g/mol. The largest absolute Gasteiger partial charge is 0.316 e. The summed E-state index contributed by atoms with van der Waals surface area (Å²) in [6.07, 6.45) is 0. The van der Waals surface area contributed by atoms with Crippen molar-refractivity contribution in [3.8, 4) is 0 Å². The molecule has 13 heavy (non-hydrogen) atoms. The summed E-state index contributed by atoms with van der Waals surface area (Å²) in [5, 5.41) is 1.64. The second-order valence-corrected chi connectivity index (χ2v) is 2.46. The molecule has 0 spiro atoms. The van der Waals surface area contributed by atoms with E-state index in [2.05, 4.69) is 0 Å². The first kappa shape index (κ1) is 12.9. The minimum atomic E-state index is -0.150. The van der Waals surface area contributed by atoms with Crippen molar-refractivity contribution in [2.75, 3.05) is 0 Å². The maximum Gasteiger partial charge on any atom is 0.316 e. The summed E-state index contributed by atoms with van der Waals surface area (Å²) in [4.78, 5) is 0. The molecule has 0 aliphatic heterocycles. The third kappa shape index (κ3) is 2.66. The van der Waals surface area contributed by atoms with E-state index in [1.165, 1.54) is 6.07 Å². The van der Waals surface area contributed by atoms with Gasteiger partial charge in [0, 0.05) is 5.39 Å². The molecule has 0 aliphatic carbocycles. The van der Waals surface area contributed by atoms with Crippen molar-refractivity contribution < 1.29 is 4.39 Å². The molecule has 0 fully saturated rings. The Bertz CT molecular complexity index is 384. The van der Waals surface area contributed by atoms with Crippen molar-refractivity contribution in [3.63, 3.8) is 0 Å². The van der Waals surface area contributed by atoms with Gasteiger partial charge in [0.25, 0.3) is 0 Å². The molecule has 0 radical (unpaired) electrons. The van der Waals surface area contributed by atoms with Crippen LogP contribution in [-0.4, -0.2) is 23.1 Å². The van der Waals surface area contributed by atoms with Crippen molar-refractivity contribution >= 4 is 50.8 Å². The van der Waals surface area contributed by atoms with E-state index in [4.69, 9.17) is 0 Å². The van der Waals surface area contributed by atoms with E-state index in [1.54, 1.807) is 12.1 Å². The zero-order chi connectivity index (χ0) is 7.68. The molecule has 0 nitrogen and oxygen atoms in total. The molecule has 2 rings (SSSR count). The standard InChI is InChI=1S/C10H7F.BrH.Mg.2H/c11-10-7-3-5-8-4-1-2-6-9(8)10;;;;/h1-7H;1H;;;. The molecule has 3 heteroatoms. The third-order valence-corrected chi connectivity index (χ3v) is 1.74. The lowest BCUT2D eigenvalue weighted by molar-refractivity contribution is 0.640. The predicted molar refractivity (Wildman–Crippen MR) is 62.8 cm³/mol. The molecule has 0 unspecified atom stereocenters. The summed E-state index contributed by atoms with van der Waals surface area (Å²) in [6, 6.07) is 12.5. The van der Waals surface area contributed by atoms with Gasteiger partial charge in [0.2, 0.25) is 0 Å². The average molecular weight is 253 g/mol. The van der Waals surface area contributed by atoms with E-state index in [0.717, 1.165) is 5.39 Å². The Kier molecular flexibility index (Phi) is 5.52. The molecule has 0 amide bonds. The number of fused-ring (bicyclic) bond motifs is 1. The van der Waals surface area contributed by atoms with Crippen molar-refractivity contribution in [2.24, 2.45) is 0 Å². The molecule has 2 aromatic carbocycles. The zero-order valence-corrected chi connectivity index (χ0v) is 8.04. The van der Waals surface area contributed by atoms with E-state index in [0.29, 0.717) is 5.39 Å². The molecule has 0 atom stereocenters. The van der Waals surface area contributed by atoms with Gasteiger partial charge in [-0.15, -0.1) is 17.0 Å². The van der Waals surface area contributed by atoms with Crippen LogP contribution in [0.2, 0.25) is 0 Å². The van der Waals surface area contributed by atoms with E-state index in [-0.39, 0.29) is 45.9 Å². The maximum absolute atomic E-state index is 13.0. The molecule has 0 saturated heterocycles. The van der Waals surface area contributed by atoms with Gasteiger partial charge in [0.15, 0.2) is 0 Å². The van der Waals surface area contributed by atoms with Crippen LogP contribution in [-0.2, 0) is 0 Å². The van der Waals surface area contributed by atoms with Gasteiger partial charge in [-0.25, -0.2) is 4.39 Å². The quantitative estimate of drug-likeness (QED) is 0.633. The van der Waals surface area contributed by atoms with Gasteiger partial charge in [0.1, 0.15) is 5.82 Å². The lowest BCUT2D eigenvalue weighted by Gasteiger charge is -1.95. The highest BCUT2D eigenvalue weighted by atomic mass is 79.9. The van der Waals surface area contributed by atoms with Crippen LogP contribution in [0.3, 0.4) is 0 Å². The van der Waals surface area contributed by atoms with Gasteiger partial charge in [-0.1, -0.05) is 36.4 Å². The molecule has 0 bridgehead atoms. The number of hydrogen-bond donors (Lipinski definition) is 0. The number of rotatable bonds is 0. The highest BCUT2D eigenvalue weighted by molar-refractivity contribution is 8.93. The minimum Gasteiger partial charge on any atom is -0.206 e. The van der Waals surface area contributed by atoms with E-state index >= 15 is 0 Å². The highest BCUT2D eigenvalue weighted by Gasteiger charge is 1.95. The van der Waals surface area contributed by atoms with Crippen LogP contribution in [0.15, 0.2) is 42.5 Å². The Morgan fingerprint density at radius 2 is 1.46 bits per heavy atom. The molecule has 0 aliphatic rings. The molecule has 0 aromatic heterocycles. The Balaban J connectivity index is 0.000000720. The first-order valence-electron chi connectivity index (χ1n) is 3.51. The molecule has 0 N–H and O–H groups in total. The summed E-state index contributed by atoms with van der Waals surface area (Å²) in [7, 11) is 0. The topological polar surface area (TPSA) is 0 Å². The molecule has 66 valence electrons. The van der Waals surface area contributed by atoms with Crippen LogP contribution in [0, 0.1) is 5.82 Å². The number of benzene rings is 2. The zero-order valence-electron chi connectivity index (χ0n) is 6.33. The highest BCUT2D eigenvalue weighted by Crippen LogP contribution is 2.15. The lowest BCUT2D eigenvalue weighted by atomic mass is 10.1. The fourth-order valence-electron chi connectivity index (χ4n) is 1.19. The smallest absolute Gasteiger partial charge is 0.206 e. The second kappa shape index (κ2) is 5.57. The van der Waals surface area contributed by atoms with Crippen LogP contribution in [0.25, 0.3) is 10.8 Å². The average Bonchev–Trinajstić information content (AvgIpc) is 2.06. The fraction of sp³-hybridized carbons (Fsp3) is 0. The van der Waals surface area contributed by atoms with E-state index < -0.39 is 0 Å². The summed E-state index contributed by atoms with van der Waals surface area (Å²) < 4.78 is 13.0. The normalized spacial score (nSPS) is 8.69. The van der Waals surface area contributed by atoms with Crippen molar-refractivity contribution in [2.45, 2.75) is 0 Å². The Morgan fingerprint density at radius 1 is 0.846 bits per heavy atom. The predicted octanol–water partition coefficient (Wildman–Crippen LogP) is 2.64. The first-order chi connectivity index (χ1) is 5.38. The summed E-state index contributed by atoms with van der Waals surface area (Å²) in [6.45, 7) is 0. The summed E-state index contributed by atoms with van der Waals surface area (Å²) in [5.74, 6) is -0.150. The van der Waals surface area contributed by atoms with E-state index in [9.17, 15) is 4.39 Å². The fourth-order valence-corrected chi connectivity index (χ4v) is 1.19. The number of halogens is 2. The van der Waals surface area contributed by atoms with Gasteiger partial charge in [-0.2, -0.15) is 0 Å². The maximum atomic E-state index is 13.0. The lowest BCUT2D eigenvalue weighted by Crippen LogP contribution is -1.76. The Hall–Kier alpha value is -0.124. The van der Waals surface area contributed by atoms with Crippen LogP contribution < -0.4 is 0 Å². The Labute approximate surface area is 103 Å². The van der Waals surface area contributed by atoms with Gasteiger partial charge in [-0.3, -0.25) is 0 Å². The van der Waals surface area contributed by atoms with Crippen molar-refractivity contribution in [3.05, 3.63) is 48.3 Å². The number of hydrogen-bond acceptors (Lipinski definition) is 0. The van der Waals surface area contributed by atoms with Gasteiger partial charge in [0.05, 0.1) is 0 Å². The summed E-state index contributed by atoms with van der Waals surface area (Å²) >= 11 is 0. The SMILES string of the molecule is Br.Fc1cccc2ccccc12.[MgH2]. The summed E-state index contributed by atoms with van der Waals surface area (Å²) in [5.41, 5.74) is 0. The van der Waals surface area contributed by atoms with Gasteiger partial charge < -0.3 is 0 Å². The molecule has 2 aromatic rings. The molecule has 0 heterocycles.